The van der Waals surface area contributed by atoms with Gasteiger partial charge in [0.1, 0.15) is 6.04 Å². The van der Waals surface area contributed by atoms with Crippen molar-refractivity contribution in [3.8, 4) is 6.07 Å². The smallest absolute Gasteiger partial charge is 0.221 e. The predicted molar refractivity (Wildman–Crippen MR) is 93.0 cm³/mol. The van der Waals surface area contributed by atoms with Gasteiger partial charge in [0.05, 0.1) is 17.6 Å². The maximum absolute atomic E-state index is 12.1. The highest BCUT2D eigenvalue weighted by Gasteiger charge is 2.30. The average molecular weight is 348 g/mol. The monoisotopic (exact) mass is 348 g/mol. The maximum atomic E-state index is 12.1. The lowest BCUT2D eigenvalue weighted by Gasteiger charge is -2.20. The second kappa shape index (κ2) is 6.94. The Balaban J connectivity index is 1.99. The molecule has 2 atom stereocenters. The molecular formula is C18H24N2O3S. The number of carbonyl (C=O) groups is 1. The van der Waals surface area contributed by atoms with E-state index in [4.69, 9.17) is 0 Å². The van der Waals surface area contributed by atoms with E-state index in [0.29, 0.717) is 6.42 Å². The number of benzene rings is 1. The van der Waals surface area contributed by atoms with E-state index in [9.17, 15) is 18.5 Å². The Bertz CT molecular complexity index is 740. The Labute approximate surface area is 144 Å². The zero-order chi connectivity index (χ0) is 18.0. The van der Waals surface area contributed by atoms with Crippen LogP contribution in [-0.4, -0.2) is 25.8 Å². The first kappa shape index (κ1) is 18.5. The molecule has 0 spiro atoms. The molecule has 0 bridgehead atoms. The van der Waals surface area contributed by atoms with Crippen LogP contribution in [0.2, 0.25) is 0 Å². The molecule has 0 aromatic heterocycles. The minimum atomic E-state index is -2.99. The lowest BCUT2D eigenvalue weighted by molar-refractivity contribution is -0.122. The molecule has 5 nitrogen and oxygen atoms in total. The molecule has 1 saturated heterocycles. The fourth-order valence-corrected chi connectivity index (χ4v) is 4.74. The van der Waals surface area contributed by atoms with Gasteiger partial charge in [-0.25, -0.2) is 8.42 Å². The van der Waals surface area contributed by atoms with Crippen LogP contribution in [0.3, 0.4) is 0 Å². The highest BCUT2D eigenvalue weighted by Crippen LogP contribution is 2.25. The van der Waals surface area contributed by atoms with E-state index in [0.717, 1.165) is 11.1 Å². The van der Waals surface area contributed by atoms with Crippen LogP contribution in [0.1, 0.15) is 50.8 Å². The minimum Gasteiger partial charge on any atom is -0.337 e. The fraction of sp³-hybridized carbons (Fsp3) is 0.556. The van der Waals surface area contributed by atoms with Crippen molar-refractivity contribution < 1.29 is 13.2 Å². The van der Waals surface area contributed by atoms with Crippen LogP contribution in [0.15, 0.2) is 24.3 Å². The molecule has 1 N–H and O–H groups in total. The van der Waals surface area contributed by atoms with Gasteiger partial charge in [-0.3, -0.25) is 4.79 Å². The standard InChI is InChI=1S/C18H24N2O3S/c1-18(2,3)15-6-4-14(5-7-15)16(11-19)20-17(21)10-13-8-9-24(22,23)12-13/h4-7,13,16H,8-10,12H2,1-3H3,(H,20,21)/t13-,16+/m0/s1. The Morgan fingerprint density at radius 3 is 2.42 bits per heavy atom. The number of rotatable bonds is 4. The molecule has 1 fully saturated rings. The van der Waals surface area contributed by atoms with Crippen LogP contribution in [0.4, 0.5) is 0 Å². The fourth-order valence-electron chi connectivity index (χ4n) is 2.88. The number of nitrogens with one attached hydrogen (secondary N) is 1. The summed E-state index contributed by atoms with van der Waals surface area (Å²) in [4.78, 5) is 12.1. The van der Waals surface area contributed by atoms with Crippen molar-refractivity contribution in [3.05, 3.63) is 35.4 Å². The van der Waals surface area contributed by atoms with E-state index in [1.807, 2.05) is 24.3 Å². The van der Waals surface area contributed by atoms with Crippen LogP contribution in [0.5, 0.6) is 0 Å². The summed E-state index contributed by atoms with van der Waals surface area (Å²) in [6.07, 6.45) is 0.671. The predicted octanol–water partition coefficient (Wildman–Crippen LogP) is 2.49. The molecule has 0 saturated carbocycles. The molecule has 6 heteroatoms. The van der Waals surface area contributed by atoms with E-state index >= 15 is 0 Å². The first-order valence-corrected chi connectivity index (χ1v) is 9.93. The van der Waals surface area contributed by atoms with Gasteiger partial charge in [0.15, 0.2) is 9.84 Å². The third-order valence-electron chi connectivity index (χ3n) is 4.35. The van der Waals surface area contributed by atoms with E-state index < -0.39 is 15.9 Å². The normalized spacial score (nSPS) is 21.0. The highest BCUT2D eigenvalue weighted by atomic mass is 32.2. The summed E-state index contributed by atoms with van der Waals surface area (Å²) in [6, 6.07) is 9.03. The zero-order valence-electron chi connectivity index (χ0n) is 14.4. The quantitative estimate of drug-likeness (QED) is 0.905. The molecule has 0 radical (unpaired) electrons. The topological polar surface area (TPSA) is 87.0 Å². The van der Waals surface area contributed by atoms with Gasteiger partial charge < -0.3 is 5.32 Å². The summed E-state index contributed by atoms with van der Waals surface area (Å²) in [6.45, 7) is 6.34. The molecule has 24 heavy (non-hydrogen) atoms. The number of hydrogen-bond donors (Lipinski definition) is 1. The summed E-state index contributed by atoms with van der Waals surface area (Å²) >= 11 is 0. The van der Waals surface area contributed by atoms with Crippen LogP contribution >= 0.6 is 0 Å². The van der Waals surface area contributed by atoms with Crippen molar-refractivity contribution in [3.63, 3.8) is 0 Å². The van der Waals surface area contributed by atoms with Crippen molar-refractivity contribution in [2.45, 2.75) is 45.1 Å². The first-order chi connectivity index (χ1) is 11.1. The number of carbonyl (C=O) groups excluding carboxylic acids is 1. The lowest BCUT2D eigenvalue weighted by Crippen LogP contribution is -2.29. The van der Waals surface area contributed by atoms with E-state index in [1.54, 1.807) is 0 Å². The second-order valence-electron chi connectivity index (χ2n) is 7.47. The van der Waals surface area contributed by atoms with Gasteiger partial charge in [0, 0.05) is 6.42 Å². The van der Waals surface area contributed by atoms with Crippen LogP contribution < -0.4 is 5.32 Å². The Hall–Kier alpha value is -1.87. The van der Waals surface area contributed by atoms with Gasteiger partial charge in [-0.2, -0.15) is 5.26 Å². The number of sulfone groups is 1. The number of nitrogens with zero attached hydrogens (tertiary/aromatic N) is 1. The van der Waals surface area contributed by atoms with Crippen molar-refractivity contribution in [2.75, 3.05) is 11.5 Å². The van der Waals surface area contributed by atoms with Crippen LogP contribution in [0.25, 0.3) is 0 Å². The molecular weight excluding hydrogens is 324 g/mol. The molecule has 1 amide bonds. The molecule has 1 aliphatic heterocycles. The van der Waals surface area contributed by atoms with Crippen LogP contribution in [0, 0.1) is 17.2 Å². The van der Waals surface area contributed by atoms with Crippen molar-refractivity contribution in [1.29, 1.82) is 5.26 Å². The molecule has 1 aliphatic rings. The maximum Gasteiger partial charge on any atom is 0.221 e. The van der Waals surface area contributed by atoms with Gasteiger partial charge in [-0.05, 0) is 28.9 Å². The summed E-state index contributed by atoms with van der Waals surface area (Å²) in [5.41, 5.74) is 1.92. The SMILES string of the molecule is CC(C)(C)c1ccc([C@@H](C#N)NC(=O)C[C@@H]2CCS(=O)(=O)C2)cc1. The third kappa shape index (κ3) is 4.81. The summed E-state index contributed by atoms with van der Waals surface area (Å²) < 4.78 is 22.9. The van der Waals surface area contributed by atoms with Gasteiger partial charge in [0.2, 0.25) is 5.91 Å². The minimum absolute atomic E-state index is 0.0257. The van der Waals surface area contributed by atoms with Crippen molar-refractivity contribution in [1.82, 2.24) is 5.32 Å². The zero-order valence-corrected chi connectivity index (χ0v) is 15.2. The van der Waals surface area contributed by atoms with Gasteiger partial charge in [-0.15, -0.1) is 0 Å². The molecule has 2 rings (SSSR count). The van der Waals surface area contributed by atoms with E-state index in [1.165, 1.54) is 0 Å². The molecule has 0 unspecified atom stereocenters. The molecule has 1 aromatic rings. The Morgan fingerprint density at radius 2 is 1.96 bits per heavy atom. The Morgan fingerprint density at radius 1 is 1.33 bits per heavy atom. The largest absolute Gasteiger partial charge is 0.337 e. The molecule has 130 valence electrons. The van der Waals surface area contributed by atoms with Gasteiger partial charge >= 0.3 is 0 Å². The van der Waals surface area contributed by atoms with Gasteiger partial charge in [0.25, 0.3) is 0 Å². The summed E-state index contributed by atoms with van der Waals surface area (Å²) in [7, 11) is -2.99. The molecule has 1 heterocycles. The second-order valence-corrected chi connectivity index (χ2v) is 9.70. The Kier molecular flexibility index (Phi) is 5.34. The van der Waals surface area contributed by atoms with Crippen molar-refractivity contribution in [2.24, 2.45) is 5.92 Å². The first-order valence-electron chi connectivity index (χ1n) is 8.10. The third-order valence-corrected chi connectivity index (χ3v) is 6.18. The summed E-state index contributed by atoms with van der Waals surface area (Å²) in [5, 5.41) is 12.0. The number of amides is 1. The molecule has 0 aliphatic carbocycles. The average Bonchev–Trinajstić information content (AvgIpc) is 2.83. The lowest BCUT2D eigenvalue weighted by atomic mass is 9.86. The van der Waals surface area contributed by atoms with E-state index in [2.05, 4.69) is 32.2 Å². The molecule has 1 aromatic carbocycles. The highest BCUT2D eigenvalue weighted by molar-refractivity contribution is 7.91. The summed E-state index contributed by atoms with van der Waals surface area (Å²) in [5.74, 6) is -0.195. The van der Waals surface area contributed by atoms with Crippen molar-refractivity contribution >= 4 is 15.7 Å². The van der Waals surface area contributed by atoms with E-state index in [-0.39, 0.29) is 35.2 Å². The van der Waals surface area contributed by atoms with Crippen LogP contribution in [-0.2, 0) is 20.0 Å². The number of hydrogen-bond acceptors (Lipinski definition) is 4. The van der Waals surface area contributed by atoms with Gasteiger partial charge in [-0.1, -0.05) is 45.0 Å². The number of nitriles is 1.